The average molecular weight is 114 g/mol. The van der Waals surface area contributed by atoms with Crippen LogP contribution in [0, 0.1) is 0 Å². The van der Waals surface area contributed by atoms with Crippen LogP contribution in [0.1, 0.15) is 0 Å². The minimum absolute atomic E-state index is 0. The summed E-state index contributed by atoms with van der Waals surface area (Å²) in [7, 11) is 0. The Morgan fingerprint density at radius 1 is 1.00 bits per heavy atom. The summed E-state index contributed by atoms with van der Waals surface area (Å²) >= 11 is 0. The second kappa shape index (κ2) is 20.5. The molecule has 0 saturated heterocycles. The second-order valence-electron chi connectivity index (χ2n) is 0. The molecule has 0 aromatic heterocycles. The molecule has 14 valence electrons. The Morgan fingerprint density at radius 2 is 1.00 bits per heavy atom. The maximum Gasteiger partial charge on any atom is 0 e. The van der Waals surface area contributed by atoms with Crippen molar-refractivity contribution < 1.29 is 19.5 Å². The van der Waals surface area contributed by atoms with Crippen LogP contribution in [0.25, 0.3) is 0 Å². The molecular formula is H6AlBeLiZn. The van der Waals surface area contributed by atoms with E-state index in [-0.39, 0.29) is 65.8 Å². The molecular weight excluding hydrogens is 108 g/mol. The molecule has 4 heavy (non-hydrogen) atoms. The van der Waals surface area contributed by atoms with Crippen molar-refractivity contribution in [1.29, 1.82) is 0 Å². The number of rotatable bonds is 0. The minimum Gasteiger partial charge on any atom is 0 e. The zero-order chi connectivity index (χ0) is 0. The third kappa shape index (κ3) is 9.06. The van der Waals surface area contributed by atoms with Gasteiger partial charge in [-0.1, -0.05) is 0 Å². The van der Waals surface area contributed by atoms with Gasteiger partial charge in [0.25, 0.3) is 0 Å². The van der Waals surface area contributed by atoms with E-state index in [1.807, 2.05) is 0 Å². The summed E-state index contributed by atoms with van der Waals surface area (Å²) < 4.78 is 0. The van der Waals surface area contributed by atoms with Crippen LogP contribution in [0.3, 0.4) is 0 Å². The van der Waals surface area contributed by atoms with Crippen LogP contribution in [0.2, 0.25) is 0 Å². The van der Waals surface area contributed by atoms with Gasteiger partial charge in [-0.2, -0.15) is 0 Å². The van der Waals surface area contributed by atoms with E-state index in [4.69, 9.17) is 0 Å². The first-order valence-corrected chi connectivity index (χ1v) is 0. The van der Waals surface area contributed by atoms with Crippen LogP contribution in [0.5, 0.6) is 0 Å². The van der Waals surface area contributed by atoms with Gasteiger partial charge in [0.15, 0.2) is 17.4 Å². The Labute approximate surface area is 65.4 Å². The van der Waals surface area contributed by atoms with Gasteiger partial charge in [0, 0.05) is 19.5 Å². The Morgan fingerprint density at radius 3 is 1.00 bits per heavy atom. The third-order valence-electron chi connectivity index (χ3n) is 0. The smallest absolute Gasteiger partial charge is 0 e. The van der Waals surface area contributed by atoms with Crippen molar-refractivity contribution in [2.24, 2.45) is 0 Å². The first kappa shape index (κ1) is 38.8. The Kier molecular flexibility index (Phi) is 199. The molecule has 0 N–H and O–H groups in total. The summed E-state index contributed by atoms with van der Waals surface area (Å²) in [5.74, 6) is 0. The molecule has 0 aliphatic rings. The molecule has 0 amide bonds. The summed E-state index contributed by atoms with van der Waals surface area (Å²) in [5, 5.41) is 0. The molecule has 0 nitrogen and oxygen atoms in total. The molecule has 0 bridgehead atoms. The zero-order valence-corrected chi connectivity index (χ0v) is 3.67. The van der Waals surface area contributed by atoms with Crippen LogP contribution < -0.4 is 0 Å². The molecule has 0 heterocycles. The van der Waals surface area contributed by atoms with Crippen molar-refractivity contribution in [3.63, 3.8) is 0 Å². The molecule has 0 aromatic carbocycles. The van der Waals surface area contributed by atoms with Crippen LogP contribution >= 0.6 is 0 Å². The Bertz CT molecular complexity index is 8.00. The van der Waals surface area contributed by atoms with Crippen molar-refractivity contribution in [2.45, 2.75) is 0 Å². The van der Waals surface area contributed by atoms with Gasteiger partial charge in [-0.3, -0.25) is 0 Å². The van der Waals surface area contributed by atoms with E-state index in [9.17, 15) is 0 Å². The number of hydrogen-bond acceptors (Lipinski definition) is 0. The fourth-order valence-corrected chi connectivity index (χ4v) is 0. The molecule has 4 heteroatoms. The Balaban J connectivity index is 0. The molecule has 0 fully saturated rings. The molecule has 0 rings (SSSR count). The summed E-state index contributed by atoms with van der Waals surface area (Å²) in [6, 6.07) is 0. The first-order chi connectivity index (χ1) is 0. The standard InChI is InChI=1S/Al.Be.Li.Zn.6H. The predicted molar refractivity (Wildman–Crippen MR) is 25.6 cm³/mol. The van der Waals surface area contributed by atoms with E-state index in [1.54, 1.807) is 0 Å². The monoisotopic (exact) mass is 113 g/mol. The van der Waals surface area contributed by atoms with Gasteiger partial charge in [-0.05, 0) is 0 Å². The van der Waals surface area contributed by atoms with Gasteiger partial charge in [0.1, 0.15) is 0 Å². The van der Waals surface area contributed by atoms with Gasteiger partial charge >= 0.3 is 29.0 Å². The van der Waals surface area contributed by atoms with E-state index in [0.29, 0.717) is 0 Å². The molecule has 0 aliphatic heterocycles. The van der Waals surface area contributed by atoms with Crippen molar-refractivity contribution >= 4 is 46.3 Å². The van der Waals surface area contributed by atoms with E-state index in [0.717, 1.165) is 0 Å². The SMILES string of the molecule is [AlH3].[BeH2].[LiH].[Zn]. The summed E-state index contributed by atoms with van der Waals surface area (Å²) in [5.41, 5.74) is 0. The zero-order valence-electron chi connectivity index (χ0n) is 0.707. The largest absolute Gasteiger partial charge is 0 e. The van der Waals surface area contributed by atoms with Gasteiger partial charge in [-0.15, -0.1) is 0 Å². The minimum atomic E-state index is 0. The molecule has 0 saturated carbocycles. The maximum absolute atomic E-state index is 0. The summed E-state index contributed by atoms with van der Waals surface area (Å²) in [4.78, 5) is 0. The van der Waals surface area contributed by atoms with Crippen molar-refractivity contribution in [3.05, 3.63) is 0 Å². The molecule has 0 spiro atoms. The fraction of sp³-hybridized carbons (Fsp3) is 0. The van der Waals surface area contributed by atoms with E-state index >= 15 is 0 Å². The van der Waals surface area contributed by atoms with Gasteiger partial charge in [-0.25, -0.2) is 0 Å². The van der Waals surface area contributed by atoms with Crippen molar-refractivity contribution in [3.8, 4) is 0 Å². The first-order valence-electron chi connectivity index (χ1n) is 0. The topological polar surface area (TPSA) is 0 Å². The van der Waals surface area contributed by atoms with Crippen molar-refractivity contribution in [2.75, 3.05) is 0 Å². The third-order valence-corrected chi connectivity index (χ3v) is 0. The van der Waals surface area contributed by atoms with Crippen LogP contribution in [0.15, 0.2) is 0 Å². The average Bonchev–Trinajstić information content (AvgIpc) is 0. The fourth-order valence-electron chi connectivity index (χ4n) is 0. The Hall–Kier alpha value is 1.92. The molecule has 0 unspecified atom stereocenters. The van der Waals surface area contributed by atoms with Crippen LogP contribution in [-0.2, 0) is 19.5 Å². The van der Waals surface area contributed by atoms with Gasteiger partial charge in [0.05, 0.1) is 0 Å². The second-order valence-corrected chi connectivity index (χ2v) is 0. The predicted octanol–water partition coefficient (Wildman–Crippen LogP) is -2.75. The van der Waals surface area contributed by atoms with Gasteiger partial charge < -0.3 is 0 Å². The molecule has 0 aromatic rings. The van der Waals surface area contributed by atoms with Gasteiger partial charge in [0.2, 0.25) is 0 Å². The molecule has 0 atom stereocenters. The summed E-state index contributed by atoms with van der Waals surface area (Å²) in [6.45, 7) is 0. The van der Waals surface area contributed by atoms with Crippen LogP contribution in [0.4, 0.5) is 0 Å². The maximum atomic E-state index is 0. The van der Waals surface area contributed by atoms with E-state index < -0.39 is 0 Å². The number of hydrogen-bond donors (Lipinski definition) is 0. The van der Waals surface area contributed by atoms with Crippen LogP contribution in [-0.4, -0.2) is 46.3 Å². The molecule has 0 aliphatic carbocycles. The summed E-state index contributed by atoms with van der Waals surface area (Å²) in [6.07, 6.45) is 0. The normalized spacial score (nSPS) is 0. The van der Waals surface area contributed by atoms with Crippen molar-refractivity contribution in [1.82, 2.24) is 0 Å². The quantitative estimate of drug-likeness (QED) is 0.300. The van der Waals surface area contributed by atoms with E-state index in [2.05, 4.69) is 0 Å². The van der Waals surface area contributed by atoms with E-state index in [1.165, 1.54) is 0 Å². The molecule has 0 radical (unpaired) electrons.